The van der Waals surface area contributed by atoms with E-state index in [1.165, 1.54) is 12.1 Å². The van der Waals surface area contributed by atoms with Crippen molar-refractivity contribution in [2.45, 2.75) is 0 Å². The van der Waals surface area contributed by atoms with E-state index >= 15 is 0 Å². The van der Waals surface area contributed by atoms with Crippen molar-refractivity contribution < 1.29 is 9.13 Å². The lowest BCUT2D eigenvalue weighted by Crippen LogP contribution is -1.94. The topological polar surface area (TPSA) is 53.1 Å². The standard InChI is InChI=1S/C15H14FN3O/c1-19-12-7-6-11(17)15(20-2)13(12)14(18-19)9-4-3-5-10(16)8-9/h3-8H,17H2,1-2H3. The number of aromatic nitrogens is 2. The molecule has 0 saturated carbocycles. The molecule has 0 amide bonds. The van der Waals surface area contributed by atoms with Crippen molar-refractivity contribution in [3.63, 3.8) is 0 Å². The molecule has 2 aromatic carbocycles. The second-order valence-corrected chi connectivity index (χ2v) is 4.56. The van der Waals surface area contributed by atoms with Gasteiger partial charge in [0.1, 0.15) is 11.5 Å². The fourth-order valence-electron chi connectivity index (χ4n) is 2.40. The average molecular weight is 271 g/mol. The second kappa shape index (κ2) is 4.52. The minimum atomic E-state index is -0.302. The van der Waals surface area contributed by atoms with E-state index in [4.69, 9.17) is 10.5 Å². The van der Waals surface area contributed by atoms with Crippen LogP contribution in [-0.4, -0.2) is 16.9 Å². The van der Waals surface area contributed by atoms with Gasteiger partial charge in [0, 0.05) is 12.6 Å². The van der Waals surface area contributed by atoms with E-state index in [1.807, 2.05) is 19.2 Å². The predicted octanol–water partition coefficient (Wildman–Crippen LogP) is 2.97. The van der Waals surface area contributed by atoms with Crippen molar-refractivity contribution in [2.75, 3.05) is 12.8 Å². The van der Waals surface area contributed by atoms with Gasteiger partial charge in [-0.15, -0.1) is 0 Å². The third-order valence-corrected chi connectivity index (χ3v) is 3.30. The van der Waals surface area contributed by atoms with Gasteiger partial charge in [0.15, 0.2) is 5.75 Å². The van der Waals surface area contributed by atoms with Gasteiger partial charge >= 0.3 is 0 Å². The number of rotatable bonds is 2. The van der Waals surface area contributed by atoms with Crippen LogP contribution in [0.3, 0.4) is 0 Å². The number of hydrogen-bond acceptors (Lipinski definition) is 3. The fourth-order valence-corrected chi connectivity index (χ4v) is 2.40. The molecule has 0 unspecified atom stereocenters. The number of nitrogen functional groups attached to an aromatic ring is 1. The highest BCUT2D eigenvalue weighted by Crippen LogP contribution is 2.38. The first-order valence-corrected chi connectivity index (χ1v) is 6.17. The number of fused-ring (bicyclic) bond motifs is 1. The van der Waals surface area contributed by atoms with Gasteiger partial charge in [0.05, 0.1) is 23.7 Å². The van der Waals surface area contributed by atoms with Crippen LogP contribution >= 0.6 is 0 Å². The zero-order valence-electron chi connectivity index (χ0n) is 11.2. The molecule has 0 fully saturated rings. The lowest BCUT2D eigenvalue weighted by Gasteiger charge is -2.07. The first kappa shape index (κ1) is 12.5. The summed E-state index contributed by atoms with van der Waals surface area (Å²) in [4.78, 5) is 0. The van der Waals surface area contributed by atoms with E-state index in [0.29, 0.717) is 22.7 Å². The quantitative estimate of drug-likeness (QED) is 0.729. The summed E-state index contributed by atoms with van der Waals surface area (Å²) in [6, 6.07) is 9.98. The maximum absolute atomic E-state index is 13.4. The first-order valence-electron chi connectivity index (χ1n) is 6.17. The largest absolute Gasteiger partial charge is 0.494 e. The molecule has 1 aromatic heterocycles. The molecule has 2 N–H and O–H groups in total. The molecular formula is C15H14FN3O. The monoisotopic (exact) mass is 271 g/mol. The smallest absolute Gasteiger partial charge is 0.153 e. The van der Waals surface area contributed by atoms with Gasteiger partial charge < -0.3 is 10.5 Å². The highest BCUT2D eigenvalue weighted by Gasteiger charge is 2.17. The molecule has 5 heteroatoms. The Bertz CT molecular complexity index is 795. The molecule has 0 aliphatic carbocycles. The highest BCUT2D eigenvalue weighted by atomic mass is 19.1. The van der Waals surface area contributed by atoms with E-state index < -0.39 is 0 Å². The summed E-state index contributed by atoms with van der Waals surface area (Å²) in [6.45, 7) is 0. The SMILES string of the molecule is COc1c(N)ccc2c1c(-c1cccc(F)c1)nn2C. The van der Waals surface area contributed by atoms with Gasteiger partial charge in [0.2, 0.25) is 0 Å². The molecule has 0 saturated heterocycles. The van der Waals surface area contributed by atoms with Crippen molar-refractivity contribution in [3.8, 4) is 17.0 Å². The third-order valence-electron chi connectivity index (χ3n) is 3.30. The van der Waals surface area contributed by atoms with Gasteiger partial charge in [0.25, 0.3) is 0 Å². The fraction of sp³-hybridized carbons (Fsp3) is 0.133. The Balaban J connectivity index is 2.39. The Labute approximate surface area is 115 Å². The Kier molecular flexibility index (Phi) is 2.82. The number of hydrogen-bond donors (Lipinski definition) is 1. The average Bonchev–Trinajstić information content (AvgIpc) is 2.76. The van der Waals surface area contributed by atoms with Crippen LogP contribution in [0, 0.1) is 5.82 Å². The van der Waals surface area contributed by atoms with E-state index in [0.717, 1.165) is 10.9 Å². The molecule has 3 aromatic rings. The summed E-state index contributed by atoms with van der Waals surface area (Å²) >= 11 is 0. The van der Waals surface area contributed by atoms with Crippen LogP contribution in [0.25, 0.3) is 22.2 Å². The first-order chi connectivity index (χ1) is 9.61. The summed E-state index contributed by atoms with van der Waals surface area (Å²) in [5, 5.41) is 5.26. The molecule has 0 bridgehead atoms. The van der Waals surface area contributed by atoms with Crippen LogP contribution in [0.5, 0.6) is 5.75 Å². The zero-order chi connectivity index (χ0) is 14.3. The van der Waals surface area contributed by atoms with E-state index in [2.05, 4.69) is 5.10 Å². The Morgan fingerprint density at radius 1 is 1.25 bits per heavy atom. The number of ether oxygens (including phenoxy) is 1. The van der Waals surface area contributed by atoms with E-state index in [-0.39, 0.29) is 5.82 Å². The van der Waals surface area contributed by atoms with Gasteiger partial charge in [-0.1, -0.05) is 12.1 Å². The number of halogens is 1. The lowest BCUT2D eigenvalue weighted by molar-refractivity contribution is 0.422. The summed E-state index contributed by atoms with van der Waals surface area (Å²) < 4.78 is 20.6. The Morgan fingerprint density at radius 2 is 2.05 bits per heavy atom. The van der Waals surface area contributed by atoms with E-state index in [1.54, 1.807) is 23.9 Å². The number of aryl methyl sites for hydroxylation is 1. The normalized spacial score (nSPS) is 10.9. The van der Waals surface area contributed by atoms with Gasteiger partial charge in [-0.05, 0) is 24.3 Å². The predicted molar refractivity (Wildman–Crippen MR) is 77.1 cm³/mol. The number of nitrogens with zero attached hydrogens (tertiary/aromatic N) is 2. The molecule has 1 heterocycles. The van der Waals surface area contributed by atoms with Gasteiger partial charge in [-0.3, -0.25) is 4.68 Å². The molecule has 0 radical (unpaired) electrons. The van der Waals surface area contributed by atoms with Crippen molar-refractivity contribution in [1.29, 1.82) is 0 Å². The number of nitrogens with two attached hydrogens (primary N) is 1. The summed E-state index contributed by atoms with van der Waals surface area (Å²) in [5.41, 5.74) is 8.72. The Morgan fingerprint density at radius 3 is 2.75 bits per heavy atom. The third kappa shape index (κ3) is 1.79. The summed E-state index contributed by atoms with van der Waals surface area (Å²) in [6.07, 6.45) is 0. The number of benzene rings is 2. The van der Waals surface area contributed by atoms with Crippen LogP contribution in [0.2, 0.25) is 0 Å². The Hall–Kier alpha value is -2.56. The van der Waals surface area contributed by atoms with Crippen molar-refractivity contribution in [2.24, 2.45) is 7.05 Å². The molecule has 102 valence electrons. The second-order valence-electron chi connectivity index (χ2n) is 4.56. The van der Waals surface area contributed by atoms with Gasteiger partial charge in [-0.25, -0.2) is 4.39 Å². The highest BCUT2D eigenvalue weighted by molar-refractivity contribution is 6.01. The van der Waals surface area contributed by atoms with E-state index in [9.17, 15) is 4.39 Å². The zero-order valence-corrected chi connectivity index (χ0v) is 11.2. The number of anilines is 1. The maximum atomic E-state index is 13.4. The lowest BCUT2D eigenvalue weighted by atomic mass is 10.1. The van der Waals surface area contributed by atoms with Crippen LogP contribution in [0.15, 0.2) is 36.4 Å². The maximum Gasteiger partial charge on any atom is 0.153 e. The van der Waals surface area contributed by atoms with Crippen LogP contribution in [-0.2, 0) is 7.05 Å². The van der Waals surface area contributed by atoms with Gasteiger partial charge in [-0.2, -0.15) is 5.10 Å². The summed E-state index contributed by atoms with van der Waals surface area (Å²) in [5.74, 6) is 0.263. The number of methoxy groups -OCH3 is 1. The van der Waals surface area contributed by atoms with Crippen LogP contribution in [0.4, 0.5) is 10.1 Å². The molecule has 4 nitrogen and oxygen atoms in total. The molecule has 0 aliphatic heterocycles. The van der Waals surface area contributed by atoms with Crippen molar-refractivity contribution in [3.05, 3.63) is 42.2 Å². The van der Waals surface area contributed by atoms with Crippen LogP contribution in [0.1, 0.15) is 0 Å². The summed E-state index contributed by atoms with van der Waals surface area (Å²) in [7, 11) is 3.40. The molecular weight excluding hydrogens is 257 g/mol. The van der Waals surface area contributed by atoms with Crippen molar-refractivity contribution in [1.82, 2.24) is 9.78 Å². The van der Waals surface area contributed by atoms with Crippen LogP contribution < -0.4 is 10.5 Å². The minimum absolute atomic E-state index is 0.302. The molecule has 0 spiro atoms. The molecule has 3 rings (SSSR count). The molecule has 20 heavy (non-hydrogen) atoms. The van der Waals surface area contributed by atoms with Crippen molar-refractivity contribution >= 4 is 16.6 Å². The molecule has 0 aliphatic rings. The minimum Gasteiger partial charge on any atom is -0.494 e. The molecule has 0 atom stereocenters.